The highest BCUT2D eigenvalue weighted by Crippen LogP contribution is 2.23. The molecule has 5 nitrogen and oxygen atoms in total. The smallest absolute Gasteiger partial charge is 0.338 e. The molecule has 100 valence electrons. The van der Waals surface area contributed by atoms with Crippen molar-refractivity contribution in [3.8, 4) is 5.69 Å². The average molecular weight is 263 g/mol. The monoisotopic (exact) mass is 263 g/mol. The molecule has 0 amide bonds. The number of nitrogens with two attached hydrogens (primary N) is 1. The summed E-state index contributed by atoms with van der Waals surface area (Å²) in [4.78, 5) is 10.8. The van der Waals surface area contributed by atoms with Gasteiger partial charge in [-0.2, -0.15) is 5.10 Å². The molecule has 0 atom stereocenters. The summed E-state index contributed by atoms with van der Waals surface area (Å²) >= 11 is 0. The van der Waals surface area contributed by atoms with Gasteiger partial charge in [-0.05, 0) is 18.1 Å². The van der Waals surface area contributed by atoms with Gasteiger partial charge < -0.3 is 10.8 Å². The van der Waals surface area contributed by atoms with E-state index in [0.717, 1.165) is 17.8 Å². The van der Waals surface area contributed by atoms with Crippen molar-refractivity contribution >= 4 is 11.7 Å². The first-order valence-electron chi connectivity index (χ1n) is 5.78. The van der Waals surface area contributed by atoms with Crippen LogP contribution in [0.15, 0.2) is 24.4 Å². The lowest BCUT2D eigenvalue weighted by Crippen LogP contribution is -2.07. The van der Waals surface area contributed by atoms with Gasteiger partial charge in [0, 0.05) is 12.3 Å². The third-order valence-corrected chi connectivity index (χ3v) is 2.79. The molecule has 3 N–H and O–H groups in total. The lowest BCUT2D eigenvalue weighted by molar-refractivity contribution is 0.0692. The fourth-order valence-electron chi connectivity index (χ4n) is 1.72. The van der Waals surface area contributed by atoms with E-state index < -0.39 is 17.3 Å². The molecule has 0 bridgehead atoms. The number of hydrogen-bond acceptors (Lipinski definition) is 3. The molecule has 1 aromatic carbocycles. The van der Waals surface area contributed by atoms with E-state index in [1.807, 2.05) is 19.9 Å². The van der Waals surface area contributed by atoms with Crippen molar-refractivity contribution < 1.29 is 14.3 Å². The number of nitrogen functional groups attached to an aromatic ring is 1. The molecule has 2 rings (SSSR count). The van der Waals surface area contributed by atoms with Crippen LogP contribution in [-0.4, -0.2) is 20.9 Å². The van der Waals surface area contributed by atoms with Crippen LogP contribution in [0.25, 0.3) is 5.69 Å². The Kier molecular flexibility index (Phi) is 3.25. The third kappa shape index (κ3) is 2.42. The summed E-state index contributed by atoms with van der Waals surface area (Å²) in [6.45, 7) is 3.98. The molecule has 0 aliphatic rings. The Hall–Kier alpha value is -2.37. The molecule has 2 aromatic rings. The maximum Gasteiger partial charge on any atom is 0.338 e. The minimum Gasteiger partial charge on any atom is -0.478 e. The highest BCUT2D eigenvalue weighted by molar-refractivity contribution is 5.90. The molecule has 0 aliphatic heterocycles. The van der Waals surface area contributed by atoms with Crippen molar-refractivity contribution in [3.63, 3.8) is 0 Å². The fraction of sp³-hybridized carbons (Fsp3) is 0.231. The Morgan fingerprint density at radius 3 is 2.68 bits per heavy atom. The zero-order chi connectivity index (χ0) is 14.2. The molecule has 19 heavy (non-hydrogen) atoms. The molecule has 0 radical (unpaired) electrons. The number of carboxylic acid groups (broad SMARTS) is 1. The SMILES string of the molecule is CC(C)c1ccn(-c2cc(F)c(C(=O)O)cc2N)n1. The van der Waals surface area contributed by atoms with Crippen LogP contribution in [0.2, 0.25) is 0 Å². The topological polar surface area (TPSA) is 81.1 Å². The van der Waals surface area contributed by atoms with Crippen LogP contribution in [0.3, 0.4) is 0 Å². The Labute approximate surface area is 109 Å². The Morgan fingerprint density at radius 2 is 2.16 bits per heavy atom. The number of rotatable bonds is 3. The van der Waals surface area contributed by atoms with Crippen LogP contribution in [0.4, 0.5) is 10.1 Å². The second kappa shape index (κ2) is 4.72. The number of aromatic carboxylic acids is 1. The molecule has 0 saturated heterocycles. The predicted octanol–water partition coefficient (Wildman–Crippen LogP) is 2.42. The summed E-state index contributed by atoms with van der Waals surface area (Å²) in [5.41, 5.74) is 6.65. The second-order valence-corrected chi connectivity index (χ2v) is 4.54. The van der Waals surface area contributed by atoms with Crippen LogP contribution in [0, 0.1) is 5.82 Å². The fourth-order valence-corrected chi connectivity index (χ4v) is 1.72. The number of aromatic nitrogens is 2. The van der Waals surface area contributed by atoms with Crippen molar-refractivity contribution in [1.29, 1.82) is 0 Å². The largest absolute Gasteiger partial charge is 0.478 e. The highest BCUT2D eigenvalue weighted by atomic mass is 19.1. The molecule has 0 fully saturated rings. The summed E-state index contributed by atoms with van der Waals surface area (Å²) in [6, 6.07) is 3.99. The molecular weight excluding hydrogens is 249 g/mol. The summed E-state index contributed by atoms with van der Waals surface area (Å²) in [5, 5.41) is 13.1. The van der Waals surface area contributed by atoms with Crippen molar-refractivity contribution in [1.82, 2.24) is 9.78 Å². The van der Waals surface area contributed by atoms with Crippen LogP contribution >= 0.6 is 0 Å². The predicted molar refractivity (Wildman–Crippen MR) is 69.0 cm³/mol. The van der Waals surface area contributed by atoms with E-state index in [1.165, 1.54) is 4.68 Å². The average Bonchev–Trinajstić information content (AvgIpc) is 2.80. The number of carbonyl (C=O) groups is 1. The summed E-state index contributed by atoms with van der Waals surface area (Å²) in [7, 11) is 0. The zero-order valence-corrected chi connectivity index (χ0v) is 10.6. The van der Waals surface area contributed by atoms with E-state index in [-0.39, 0.29) is 11.6 Å². The molecule has 0 aliphatic carbocycles. The van der Waals surface area contributed by atoms with Gasteiger partial charge in [0.25, 0.3) is 0 Å². The molecule has 0 unspecified atom stereocenters. The Bertz CT molecular complexity index is 635. The molecule has 6 heteroatoms. The van der Waals surface area contributed by atoms with Gasteiger partial charge in [-0.1, -0.05) is 13.8 Å². The maximum atomic E-state index is 13.7. The molecule has 1 aromatic heterocycles. The number of hydrogen-bond donors (Lipinski definition) is 2. The molecule has 0 spiro atoms. The summed E-state index contributed by atoms with van der Waals surface area (Å²) < 4.78 is 15.1. The first kappa shape index (κ1) is 13.1. The van der Waals surface area contributed by atoms with Crippen LogP contribution in [0.5, 0.6) is 0 Å². The Balaban J connectivity index is 2.50. The van der Waals surface area contributed by atoms with E-state index in [2.05, 4.69) is 5.10 Å². The van der Waals surface area contributed by atoms with E-state index in [4.69, 9.17) is 10.8 Å². The quantitative estimate of drug-likeness (QED) is 0.833. The normalized spacial score (nSPS) is 10.9. The van der Waals surface area contributed by atoms with Gasteiger partial charge in [0.05, 0.1) is 22.6 Å². The third-order valence-electron chi connectivity index (χ3n) is 2.79. The van der Waals surface area contributed by atoms with Gasteiger partial charge in [-0.15, -0.1) is 0 Å². The van der Waals surface area contributed by atoms with E-state index >= 15 is 0 Å². The van der Waals surface area contributed by atoms with E-state index in [1.54, 1.807) is 6.20 Å². The first-order chi connectivity index (χ1) is 8.90. The number of carboxylic acids is 1. The summed E-state index contributed by atoms with van der Waals surface area (Å²) in [6.07, 6.45) is 1.67. The molecule has 0 saturated carbocycles. The first-order valence-corrected chi connectivity index (χ1v) is 5.78. The minimum atomic E-state index is -1.35. The van der Waals surface area contributed by atoms with Crippen molar-refractivity contribution in [3.05, 3.63) is 41.5 Å². The van der Waals surface area contributed by atoms with Gasteiger partial charge in [0.15, 0.2) is 0 Å². The van der Waals surface area contributed by atoms with Crippen LogP contribution in [-0.2, 0) is 0 Å². The van der Waals surface area contributed by atoms with Gasteiger partial charge in [-0.25, -0.2) is 13.9 Å². The highest BCUT2D eigenvalue weighted by Gasteiger charge is 2.15. The lowest BCUT2D eigenvalue weighted by atomic mass is 10.1. The lowest BCUT2D eigenvalue weighted by Gasteiger charge is -2.08. The van der Waals surface area contributed by atoms with E-state index in [9.17, 15) is 9.18 Å². The number of nitrogens with zero attached hydrogens (tertiary/aromatic N) is 2. The minimum absolute atomic E-state index is 0.164. The van der Waals surface area contributed by atoms with Gasteiger partial charge in [-0.3, -0.25) is 0 Å². The second-order valence-electron chi connectivity index (χ2n) is 4.54. The van der Waals surface area contributed by atoms with Gasteiger partial charge >= 0.3 is 5.97 Å². The van der Waals surface area contributed by atoms with Crippen molar-refractivity contribution in [2.45, 2.75) is 19.8 Å². The molecular formula is C13H14FN3O2. The number of anilines is 1. The standard InChI is InChI=1S/C13H14FN3O2/c1-7(2)11-3-4-17(16-11)12-6-9(14)8(13(18)19)5-10(12)15/h3-7H,15H2,1-2H3,(H,18,19). The van der Waals surface area contributed by atoms with Gasteiger partial charge in [0.1, 0.15) is 5.82 Å². The maximum absolute atomic E-state index is 13.7. The zero-order valence-electron chi connectivity index (χ0n) is 10.6. The van der Waals surface area contributed by atoms with E-state index in [0.29, 0.717) is 5.69 Å². The van der Waals surface area contributed by atoms with Crippen molar-refractivity contribution in [2.75, 3.05) is 5.73 Å². The number of benzene rings is 1. The van der Waals surface area contributed by atoms with Crippen LogP contribution < -0.4 is 5.73 Å². The number of halogens is 1. The van der Waals surface area contributed by atoms with Gasteiger partial charge in [0.2, 0.25) is 0 Å². The summed E-state index contributed by atoms with van der Waals surface area (Å²) in [5.74, 6) is -1.94. The Morgan fingerprint density at radius 1 is 1.47 bits per heavy atom. The van der Waals surface area contributed by atoms with Crippen molar-refractivity contribution in [2.24, 2.45) is 0 Å². The molecule has 1 heterocycles. The van der Waals surface area contributed by atoms with Crippen LogP contribution in [0.1, 0.15) is 35.8 Å².